The lowest BCUT2D eigenvalue weighted by molar-refractivity contribution is 0.426. The first kappa shape index (κ1) is 13.7. The number of thiazole rings is 1. The van der Waals surface area contributed by atoms with Crippen LogP contribution in [0.1, 0.15) is 16.8 Å². The second kappa shape index (κ2) is 5.96. The number of rotatable bonds is 4. The molecule has 1 heterocycles. The average molecular weight is 275 g/mol. The molecular weight excluding hydrogens is 261 g/mol. The van der Waals surface area contributed by atoms with Crippen LogP contribution in [-0.4, -0.2) is 28.4 Å². The van der Waals surface area contributed by atoms with Gasteiger partial charge in [0.05, 0.1) is 11.9 Å². The molecule has 0 saturated heterocycles. The second-order valence-electron chi connectivity index (χ2n) is 4.15. The Morgan fingerprint density at radius 1 is 1.37 bits per heavy atom. The summed E-state index contributed by atoms with van der Waals surface area (Å²) >= 11 is 1.48. The second-order valence-corrected chi connectivity index (χ2v) is 5.01. The summed E-state index contributed by atoms with van der Waals surface area (Å²) in [5, 5.41) is 25.0. The highest BCUT2D eigenvalue weighted by atomic mass is 32.1. The minimum absolute atomic E-state index is 0.442. The zero-order valence-corrected chi connectivity index (χ0v) is 11.5. The standard InChI is InChI=1S/C12H14BN3O2S/c1-8-3-4-11(13(17)18)5-10(8)6-14-16-12-15-9(2)7-19-12/h3-7,17-18H,1-2H3,(H,15,16). The van der Waals surface area contributed by atoms with Gasteiger partial charge in [-0.1, -0.05) is 18.2 Å². The summed E-state index contributed by atoms with van der Waals surface area (Å²) in [6.07, 6.45) is 1.64. The summed E-state index contributed by atoms with van der Waals surface area (Å²) in [6.45, 7) is 3.85. The third-order valence-corrected chi connectivity index (χ3v) is 3.45. The lowest BCUT2D eigenvalue weighted by Gasteiger charge is -2.04. The van der Waals surface area contributed by atoms with Gasteiger partial charge in [0.15, 0.2) is 0 Å². The number of hydrogen-bond donors (Lipinski definition) is 3. The smallest absolute Gasteiger partial charge is 0.423 e. The fourth-order valence-corrected chi connectivity index (χ4v) is 2.16. The number of aryl methyl sites for hydroxylation is 2. The highest BCUT2D eigenvalue weighted by Gasteiger charge is 2.11. The normalized spacial score (nSPS) is 10.9. The number of nitrogens with zero attached hydrogens (tertiary/aromatic N) is 2. The lowest BCUT2D eigenvalue weighted by Crippen LogP contribution is -2.30. The van der Waals surface area contributed by atoms with Crippen LogP contribution in [-0.2, 0) is 0 Å². The van der Waals surface area contributed by atoms with E-state index in [4.69, 9.17) is 10.0 Å². The van der Waals surface area contributed by atoms with Crippen molar-refractivity contribution in [3.8, 4) is 0 Å². The van der Waals surface area contributed by atoms with Crippen LogP contribution in [0.4, 0.5) is 5.13 Å². The van der Waals surface area contributed by atoms with E-state index < -0.39 is 7.12 Å². The van der Waals surface area contributed by atoms with Gasteiger partial charge in [-0.2, -0.15) is 5.10 Å². The van der Waals surface area contributed by atoms with Crippen LogP contribution in [0.3, 0.4) is 0 Å². The minimum Gasteiger partial charge on any atom is -0.423 e. The minimum atomic E-state index is -1.47. The predicted octanol–water partition coefficient (Wildman–Crippen LogP) is 0.886. The van der Waals surface area contributed by atoms with Crippen molar-refractivity contribution in [2.45, 2.75) is 13.8 Å². The lowest BCUT2D eigenvalue weighted by atomic mass is 9.79. The molecule has 1 aromatic carbocycles. The number of anilines is 1. The van der Waals surface area contributed by atoms with Gasteiger partial charge >= 0.3 is 7.12 Å². The fourth-order valence-electron chi connectivity index (χ4n) is 1.52. The van der Waals surface area contributed by atoms with Crippen molar-refractivity contribution in [3.05, 3.63) is 40.4 Å². The van der Waals surface area contributed by atoms with Crippen LogP contribution in [0.15, 0.2) is 28.7 Å². The van der Waals surface area contributed by atoms with Gasteiger partial charge in [0.25, 0.3) is 0 Å². The molecule has 98 valence electrons. The van der Waals surface area contributed by atoms with Gasteiger partial charge in [-0.15, -0.1) is 11.3 Å². The Kier molecular flexibility index (Phi) is 4.31. The number of nitrogens with one attached hydrogen (secondary N) is 1. The van der Waals surface area contributed by atoms with Gasteiger partial charge in [-0.05, 0) is 30.4 Å². The summed E-state index contributed by atoms with van der Waals surface area (Å²) in [4.78, 5) is 4.22. The van der Waals surface area contributed by atoms with E-state index in [1.807, 2.05) is 25.3 Å². The molecule has 7 heteroatoms. The fraction of sp³-hybridized carbons (Fsp3) is 0.167. The molecule has 0 bridgehead atoms. The summed E-state index contributed by atoms with van der Waals surface area (Å²) < 4.78 is 0. The summed E-state index contributed by atoms with van der Waals surface area (Å²) in [5.41, 5.74) is 6.06. The Bertz CT molecular complexity index is 598. The van der Waals surface area contributed by atoms with E-state index in [-0.39, 0.29) is 0 Å². The predicted molar refractivity (Wildman–Crippen MR) is 79.1 cm³/mol. The van der Waals surface area contributed by atoms with E-state index in [2.05, 4.69) is 15.5 Å². The number of hydrogen-bond acceptors (Lipinski definition) is 6. The zero-order chi connectivity index (χ0) is 13.8. The van der Waals surface area contributed by atoms with Crippen molar-refractivity contribution in [3.63, 3.8) is 0 Å². The Labute approximate surface area is 115 Å². The average Bonchev–Trinajstić information content (AvgIpc) is 2.77. The van der Waals surface area contributed by atoms with Gasteiger partial charge in [0.1, 0.15) is 0 Å². The van der Waals surface area contributed by atoms with E-state index in [1.54, 1.807) is 18.3 Å². The molecular formula is C12H14BN3O2S. The quantitative estimate of drug-likeness (QED) is 0.440. The van der Waals surface area contributed by atoms with Crippen molar-refractivity contribution in [2.24, 2.45) is 5.10 Å². The van der Waals surface area contributed by atoms with Crippen LogP contribution in [0.5, 0.6) is 0 Å². The molecule has 19 heavy (non-hydrogen) atoms. The molecule has 0 aliphatic rings. The molecule has 3 N–H and O–H groups in total. The van der Waals surface area contributed by atoms with Gasteiger partial charge in [0, 0.05) is 5.38 Å². The molecule has 0 unspecified atom stereocenters. The molecule has 1 aromatic heterocycles. The third kappa shape index (κ3) is 3.63. The largest absolute Gasteiger partial charge is 0.488 e. The summed E-state index contributed by atoms with van der Waals surface area (Å²) in [6, 6.07) is 5.19. The topological polar surface area (TPSA) is 77.7 Å². The van der Waals surface area contributed by atoms with Crippen molar-refractivity contribution < 1.29 is 10.0 Å². The molecule has 0 aliphatic heterocycles. The summed E-state index contributed by atoms with van der Waals surface area (Å²) in [5.74, 6) is 0. The first-order valence-electron chi connectivity index (χ1n) is 5.74. The maximum atomic E-state index is 9.13. The van der Waals surface area contributed by atoms with Crippen molar-refractivity contribution in [1.29, 1.82) is 0 Å². The maximum absolute atomic E-state index is 9.13. The monoisotopic (exact) mass is 275 g/mol. The molecule has 0 saturated carbocycles. The van der Waals surface area contributed by atoms with E-state index in [1.165, 1.54) is 11.3 Å². The van der Waals surface area contributed by atoms with Crippen molar-refractivity contribution >= 4 is 35.3 Å². The molecule has 0 spiro atoms. The van der Waals surface area contributed by atoms with E-state index >= 15 is 0 Å². The first-order valence-corrected chi connectivity index (χ1v) is 6.62. The number of benzene rings is 1. The molecule has 0 radical (unpaired) electrons. The number of hydrazone groups is 1. The first-order chi connectivity index (χ1) is 9.06. The highest BCUT2D eigenvalue weighted by molar-refractivity contribution is 7.13. The molecule has 0 aliphatic carbocycles. The zero-order valence-electron chi connectivity index (χ0n) is 10.7. The van der Waals surface area contributed by atoms with Crippen LogP contribution in [0.2, 0.25) is 0 Å². The van der Waals surface area contributed by atoms with E-state index in [0.717, 1.165) is 22.0 Å². The number of aromatic nitrogens is 1. The molecule has 2 rings (SSSR count). The Morgan fingerprint density at radius 3 is 2.79 bits per heavy atom. The molecule has 0 amide bonds. The Balaban J connectivity index is 2.11. The Hall–Kier alpha value is -1.70. The molecule has 2 aromatic rings. The SMILES string of the molecule is Cc1csc(NN=Cc2cc(B(O)O)ccc2C)n1. The van der Waals surface area contributed by atoms with Crippen LogP contribution < -0.4 is 10.9 Å². The summed E-state index contributed by atoms with van der Waals surface area (Å²) in [7, 11) is -1.47. The highest BCUT2D eigenvalue weighted by Crippen LogP contribution is 2.14. The van der Waals surface area contributed by atoms with Crippen LogP contribution >= 0.6 is 11.3 Å². The van der Waals surface area contributed by atoms with Gasteiger partial charge in [-0.25, -0.2) is 4.98 Å². The van der Waals surface area contributed by atoms with Gasteiger partial charge in [0.2, 0.25) is 5.13 Å². The van der Waals surface area contributed by atoms with Crippen LogP contribution in [0.25, 0.3) is 0 Å². The van der Waals surface area contributed by atoms with Crippen LogP contribution in [0, 0.1) is 13.8 Å². The molecule has 0 fully saturated rings. The van der Waals surface area contributed by atoms with Crippen molar-refractivity contribution in [2.75, 3.05) is 5.43 Å². The molecule has 0 atom stereocenters. The van der Waals surface area contributed by atoms with Gasteiger partial charge < -0.3 is 10.0 Å². The van der Waals surface area contributed by atoms with Crippen molar-refractivity contribution in [1.82, 2.24) is 4.98 Å². The van der Waals surface area contributed by atoms with E-state index in [0.29, 0.717) is 5.46 Å². The maximum Gasteiger partial charge on any atom is 0.488 e. The molecule has 5 nitrogen and oxygen atoms in total. The Morgan fingerprint density at radius 2 is 2.16 bits per heavy atom. The van der Waals surface area contributed by atoms with Gasteiger partial charge in [-0.3, -0.25) is 5.43 Å². The third-order valence-electron chi connectivity index (χ3n) is 2.58. The van der Waals surface area contributed by atoms with E-state index in [9.17, 15) is 0 Å².